The van der Waals surface area contributed by atoms with Crippen LogP contribution in [0.25, 0.3) is 0 Å². The Labute approximate surface area is 122 Å². The lowest BCUT2D eigenvalue weighted by molar-refractivity contribution is -0.00772. The van der Waals surface area contributed by atoms with Crippen LogP contribution in [-0.2, 0) is 14.8 Å². The zero-order valence-corrected chi connectivity index (χ0v) is 13.7. The first-order chi connectivity index (χ1) is 8.75. The van der Waals surface area contributed by atoms with Gasteiger partial charge < -0.3 is 4.74 Å². The van der Waals surface area contributed by atoms with Gasteiger partial charge in [0.1, 0.15) is 0 Å². The molecule has 0 aromatic heterocycles. The van der Waals surface area contributed by atoms with Crippen LogP contribution in [-0.4, -0.2) is 38.0 Å². The van der Waals surface area contributed by atoms with Gasteiger partial charge >= 0.3 is 0 Å². The quantitative estimate of drug-likeness (QED) is 0.825. The Morgan fingerprint density at radius 3 is 2.63 bits per heavy atom. The lowest BCUT2D eigenvalue weighted by atomic mass is 10.1. The van der Waals surface area contributed by atoms with Crippen LogP contribution in [0.4, 0.5) is 0 Å². The van der Waals surface area contributed by atoms with Gasteiger partial charge in [0, 0.05) is 11.0 Å². The maximum atomic E-state index is 12.8. The fraction of sp³-hybridized carbons (Fsp3) is 0.538. The number of rotatable bonds is 2. The molecule has 0 atom stereocenters. The summed E-state index contributed by atoms with van der Waals surface area (Å²) in [5, 5.41) is 0. The van der Waals surface area contributed by atoms with E-state index in [2.05, 4.69) is 15.9 Å². The topological polar surface area (TPSA) is 46.6 Å². The Bertz CT molecular complexity index is 584. The van der Waals surface area contributed by atoms with E-state index in [1.807, 2.05) is 32.9 Å². The number of morpholine rings is 1. The molecule has 0 radical (unpaired) electrons. The highest BCUT2D eigenvalue weighted by Crippen LogP contribution is 2.31. The predicted octanol–water partition coefficient (Wildman–Crippen LogP) is 2.56. The third kappa shape index (κ3) is 2.86. The first-order valence-corrected chi connectivity index (χ1v) is 8.35. The molecule has 1 aromatic rings. The fourth-order valence-corrected chi connectivity index (χ4v) is 5.13. The number of halogens is 1. The predicted molar refractivity (Wildman–Crippen MR) is 77.7 cm³/mol. The summed E-state index contributed by atoms with van der Waals surface area (Å²) in [5.74, 6) is 0. The average Bonchev–Trinajstić information content (AvgIpc) is 2.27. The van der Waals surface area contributed by atoms with Crippen LogP contribution in [0, 0.1) is 6.92 Å². The van der Waals surface area contributed by atoms with Gasteiger partial charge in [-0.3, -0.25) is 0 Å². The van der Waals surface area contributed by atoms with Crippen molar-refractivity contribution in [3.63, 3.8) is 0 Å². The fourth-order valence-electron chi connectivity index (χ4n) is 2.22. The Balaban J connectivity index is 2.47. The second-order valence-electron chi connectivity index (χ2n) is 5.38. The molecule has 1 aromatic carbocycles. The van der Waals surface area contributed by atoms with Crippen molar-refractivity contribution in [1.29, 1.82) is 0 Å². The second kappa shape index (κ2) is 5.16. The van der Waals surface area contributed by atoms with Crippen molar-refractivity contribution in [3.8, 4) is 0 Å². The molecule has 1 fully saturated rings. The van der Waals surface area contributed by atoms with Gasteiger partial charge in [-0.2, -0.15) is 4.31 Å². The molecule has 0 bridgehead atoms. The van der Waals surface area contributed by atoms with Crippen molar-refractivity contribution in [2.75, 3.05) is 19.8 Å². The monoisotopic (exact) mass is 347 g/mol. The first-order valence-electron chi connectivity index (χ1n) is 6.12. The lowest BCUT2D eigenvalue weighted by Gasteiger charge is -2.40. The van der Waals surface area contributed by atoms with Gasteiger partial charge in [-0.05, 0) is 54.4 Å². The van der Waals surface area contributed by atoms with Gasteiger partial charge in [-0.25, -0.2) is 8.42 Å². The summed E-state index contributed by atoms with van der Waals surface area (Å²) in [5.41, 5.74) is 0.494. The highest BCUT2D eigenvalue weighted by molar-refractivity contribution is 9.10. The van der Waals surface area contributed by atoms with Gasteiger partial charge in [0.2, 0.25) is 10.0 Å². The van der Waals surface area contributed by atoms with Crippen molar-refractivity contribution in [2.45, 2.75) is 31.2 Å². The van der Waals surface area contributed by atoms with Gasteiger partial charge in [-0.1, -0.05) is 6.07 Å². The highest BCUT2D eigenvalue weighted by atomic mass is 79.9. The molecule has 1 saturated heterocycles. The van der Waals surface area contributed by atoms with Crippen LogP contribution in [0.15, 0.2) is 27.6 Å². The van der Waals surface area contributed by atoms with Gasteiger partial charge in [-0.15, -0.1) is 0 Å². The van der Waals surface area contributed by atoms with Crippen LogP contribution >= 0.6 is 15.9 Å². The molecular formula is C13H18BrNO3S. The largest absolute Gasteiger partial charge is 0.378 e. The van der Waals surface area contributed by atoms with Crippen LogP contribution in [0.2, 0.25) is 0 Å². The average molecular weight is 348 g/mol. The molecule has 2 rings (SSSR count). The van der Waals surface area contributed by atoms with E-state index in [0.29, 0.717) is 29.1 Å². The van der Waals surface area contributed by atoms with Crippen molar-refractivity contribution >= 4 is 26.0 Å². The zero-order chi connectivity index (χ0) is 14.3. The summed E-state index contributed by atoms with van der Waals surface area (Å²) in [4.78, 5) is 0.313. The van der Waals surface area contributed by atoms with E-state index in [1.165, 1.54) is 4.31 Å². The molecule has 4 nitrogen and oxygen atoms in total. The van der Waals surface area contributed by atoms with E-state index in [1.54, 1.807) is 6.07 Å². The highest BCUT2D eigenvalue weighted by Gasteiger charge is 2.40. The van der Waals surface area contributed by atoms with E-state index in [4.69, 9.17) is 4.74 Å². The third-order valence-corrected chi connectivity index (χ3v) is 6.31. The van der Waals surface area contributed by atoms with Crippen LogP contribution in [0.5, 0.6) is 0 Å². The van der Waals surface area contributed by atoms with Crippen molar-refractivity contribution in [2.24, 2.45) is 0 Å². The maximum Gasteiger partial charge on any atom is 0.244 e. The zero-order valence-electron chi connectivity index (χ0n) is 11.3. The Kier molecular flexibility index (Phi) is 4.07. The van der Waals surface area contributed by atoms with Crippen molar-refractivity contribution in [1.82, 2.24) is 4.31 Å². The van der Waals surface area contributed by atoms with Crippen LogP contribution < -0.4 is 0 Å². The van der Waals surface area contributed by atoms with Crippen LogP contribution in [0.1, 0.15) is 19.4 Å². The normalized spacial score (nSPS) is 20.4. The van der Waals surface area contributed by atoms with Gasteiger partial charge in [0.25, 0.3) is 0 Å². The maximum absolute atomic E-state index is 12.8. The molecule has 0 saturated carbocycles. The van der Waals surface area contributed by atoms with Crippen molar-refractivity contribution in [3.05, 3.63) is 28.2 Å². The van der Waals surface area contributed by atoms with Gasteiger partial charge in [0.15, 0.2) is 0 Å². The standard InChI is InChI=1S/C13H18BrNO3S/c1-10-4-5-12(11(14)8-10)19(16,17)15-6-7-18-9-13(15,2)3/h4-5,8H,6-7,9H2,1-3H3. The number of sulfonamides is 1. The smallest absolute Gasteiger partial charge is 0.244 e. The summed E-state index contributed by atoms with van der Waals surface area (Å²) in [6, 6.07) is 5.28. The summed E-state index contributed by atoms with van der Waals surface area (Å²) >= 11 is 3.35. The van der Waals surface area contributed by atoms with E-state index >= 15 is 0 Å². The molecule has 19 heavy (non-hydrogen) atoms. The molecule has 0 spiro atoms. The Morgan fingerprint density at radius 1 is 1.37 bits per heavy atom. The molecule has 106 valence electrons. The molecule has 0 N–H and O–H groups in total. The lowest BCUT2D eigenvalue weighted by Crippen LogP contribution is -2.55. The van der Waals surface area contributed by atoms with Gasteiger partial charge in [0.05, 0.1) is 23.6 Å². The molecule has 0 aliphatic carbocycles. The Hall–Kier alpha value is -0.430. The van der Waals surface area contributed by atoms with E-state index in [9.17, 15) is 8.42 Å². The molecule has 1 heterocycles. The summed E-state index contributed by atoms with van der Waals surface area (Å²) in [7, 11) is -3.51. The number of hydrogen-bond acceptors (Lipinski definition) is 3. The number of aryl methyl sites for hydroxylation is 1. The summed E-state index contributed by atoms with van der Waals surface area (Å²) < 4.78 is 33.1. The molecule has 0 amide bonds. The van der Waals surface area contributed by atoms with E-state index < -0.39 is 15.6 Å². The Morgan fingerprint density at radius 2 is 2.05 bits per heavy atom. The van der Waals surface area contributed by atoms with Crippen molar-refractivity contribution < 1.29 is 13.2 Å². The van der Waals surface area contributed by atoms with Crippen LogP contribution in [0.3, 0.4) is 0 Å². The van der Waals surface area contributed by atoms with E-state index in [0.717, 1.165) is 5.56 Å². The molecule has 1 aliphatic rings. The number of nitrogens with zero attached hydrogens (tertiary/aromatic N) is 1. The molecule has 1 aliphatic heterocycles. The minimum Gasteiger partial charge on any atom is -0.378 e. The number of ether oxygens (including phenoxy) is 1. The summed E-state index contributed by atoms with van der Waals surface area (Å²) in [6.07, 6.45) is 0. The SMILES string of the molecule is Cc1ccc(S(=O)(=O)N2CCOCC2(C)C)c(Br)c1. The molecule has 0 unspecified atom stereocenters. The minimum atomic E-state index is -3.51. The number of hydrogen-bond donors (Lipinski definition) is 0. The second-order valence-corrected chi connectivity index (χ2v) is 8.06. The number of benzene rings is 1. The molecule has 6 heteroatoms. The first kappa shape index (κ1) is 15.0. The summed E-state index contributed by atoms with van der Waals surface area (Å²) in [6.45, 7) is 6.93. The van der Waals surface area contributed by atoms with E-state index in [-0.39, 0.29) is 0 Å². The third-order valence-electron chi connectivity index (χ3n) is 3.22. The minimum absolute atomic E-state index is 0.313. The molecular weight excluding hydrogens is 330 g/mol.